The highest BCUT2D eigenvalue weighted by atomic mass is 79.9. The standard InChI is InChI=1S/C37H43BrN4O8S/c1-48-35(46)37-19-22(37)11-6-4-3-5-7-15-26(40-36(47)50-23-12-8-9-13-23)34(45)42-21-24(17-28(42)33(44)41-37)49-30-18-27(29(43)20-38)39-32-25(30)14-10-16-31(32)51-2/h6,10-11,14,16,18,22-24,26,28H,1,3-5,7-9,12-13,15,17,19-21H2,2H3,(H-,40,41,44,47)/p+1/b11-6-/t22?,24-,26+,28+,37-/m1/s1. The number of Topliss-reactive ketones (excluding diaryl/α,β-unsaturated/α-hetero) is 1. The summed E-state index contributed by atoms with van der Waals surface area (Å²) in [5, 5.41) is 6.50. The molecule has 3 fully saturated rings. The molecule has 2 N–H and O–H groups in total. The zero-order valence-electron chi connectivity index (χ0n) is 28.7. The number of ether oxygens (including phenoxy) is 2. The summed E-state index contributed by atoms with van der Waals surface area (Å²) in [6.45, 7) is 3.33. The van der Waals surface area contributed by atoms with Gasteiger partial charge in [-0.25, -0.2) is 9.78 Å². The third-order valence-corrected chi connectivity index (χ3v) is 11.6. The van der Waals surface area contributed by atoms with Crippen molar-refractivity contribution in [2.24, 2.45) is 5.92 Å². The number of amides is 3. The van der Waals surface area contributed by atoms with Gasteiger partial charge in [-0.3, -0.25) is 18.8 Å². The molecule has 1 aromatic heterocycles. The number of nitrogens with one attached hydrogen (secondary N) is 2. The Bertz CT molecular complexity index is 1730. The van der Waals surface area contributed by atoms with Gasteiger partial charge in [-0.15, -0.1) is 11.8 Å². The molecule has 0 spiro atoms. The van der Waals surface area contributed by atoms with E-state index in [2.05, 4.69) is 38.3 Å². The summed E-state index contributed by atoms with van der Waals surface area (Å²) in [5.74, 6) is -1.70. The van der Waals surface area contributed by atoms with Crippen molar-refractivity contribution >= 4 is 75.0 Å². The van der Waals surface area contributed by atoms with E-state index in [9.17, 15) is 24.0 Å². The van der Waals surface area contributed by atoms with Crippen LogP contribution in [0.4, 0.5) is 4.79 Å². The van der Waals surface area contributed by atoms with Gasteiger partial charge in [0.2, 0.25) is 17.4 Å². The van der Waals surface area contributed by atoms with Gasteiger partial charge in [0.1, 0.15) is 35.7 Å². The number of carbonyl (C=O) groups excluding carboxylic acids is 6. The molecule has 6 rings (SSSR count). The minimum Gasteiger partial charge on any atom is -0.488 e. The van der Waals surface area contributed by atoms with Gasteiger partial charge in [0.25, 0.3) is 0 Å². The maximum Gasteiger partial charge on any atom is 0.605 e. The van der Waals surface area contributed by atoms with Crippen LogP contribution in [0.1, 0.15) is 81.1 Å². The van der Waals surface area contributed by atoms with Crippen LogP contribution < -0.4 is 15.4 Å². The number of halogens is 1. The van der Waals surface area contributed by atoms with E-state index < -0.39 is 47.6 Å². The molecule has 2 saturated carbocycles. The fraction of sp³-hybridized carbons (Fsp3) is 0.541. The lowest BCUT2D eigenvalue weighted by Gasteiger charge is -2.29. The molecule has 5 atom stereocenters. The summed E-state index contributed by atoms with van der Waals surface area (Å²) < 4.78 is 17.1. The van der Waals surface area contributed by atoms with Crippen LogP contribution in [-0.4, -0.2) is 94.3 Å². The lowest BCUT2D eigenvalue weighted by Crippen LogP contribution is -2.56. The normalized spacial score (nSPS) is 27.7. The minimum atomic E-state index is -1.29. The van der Waals surface area contributed by atoms with Crippen LogP contribution in [0.25, 0.3) is 10.9 Å². The van der Waals surface area contributed by atoms with Crippen LogP contribution in [-0.2, 0) is 23.5 Å². The third kappa shape index (κ3) is 8.16. The first-order valence-electron chi connectivity index (χ1n) is 17.6. The van der Waals surface area contributed by atoms with E-state index in [1.165, 1.54) is 16.7 Å². The number of alkyl carbamates (subject to hydrolysis) is 1. The topological polar surface area (TPSA) is 155 Å². The van der Waals surface area contributed by atoms with Gasteiger partial charge < -0.3 is 25.0 Å². The van der Waals surface area contributed by atoms with Crippen LogP contribution in [0.15, 0.2) is 41.3 Å². The van der Waals surface area contributed by atoms with Gasteiger partial charge in [0.05, 0.1) is 22.2 Å². The summed E-state index contributed by atoms with van der Waals surface area (Å²) >= 11 is 4.74. The molecule has 1 unspecified atom stereocenters. The number of para-hydroxylation sites is 1. The van der Waals surface area contributed by atoms with Gasteiger partial charge in [-0.2, -0.15) is 0 Å². The number of ketones is 1. The summed E-state index contributed by atoms with van der Waals surface area (Å²) in [4.78, 5) is 74.5. The number of benzene rings is 1. The fourth-order valence-electron chi connectivity index (χ4n) is 7.44. The van der Waals surface area contributed by atoms with E-state index in [1.54, 1.807) is 6.07 Å². The zero-order valence-corrected chi connectivity index (χ0v) is 31.1. The predicted octanol–water partition coefficient (Wildman–Crippen LogP) is 5.21. The number of fused-ring (bicyclic) bond motifs is 3. The van der Waals surface area contributed by atoms with E-state index in [1.807, 2.05) is 36.6 Å². The Morgan fingerprint density at radius 1 is 1.14 bits per heavy atom. The molecule has 14 heteroatoms. The number of carbonyl (C=O) groups is 5. The maximum atomic E-state index is 14.5. The van der Waals surface area contributed by atoms with Crippen molar-refractivity contribution in [2.45, 2.75) is 105 Å². The van der Waals surface area contributed by atoms with Gasteiger partial charge in [0.15, 0.2) is 12.6 Å². The molecule has 51 heavy (non-hydrogen) atoms. The number of aromatic nitrogens is 1. The van der Waals surface area contributed by atoms with Gasteiger partial charge in [0, 0.05) is 28.7 Å². The van der Waals surface area contributed by atoms with E-state index >= 15 is 0 Å². The van der Waals surface area contributed by atoms with E-state index in [0.29, 0.717) is 35.9 Å². The number of pyridine rings is 1. The summed E-state index contributed by atoms with van der Waals surface area (Å²) in [6, 6.07) is 5.29. The molecule has 272 valence electrons. The zero-order chi connectivity index (χ0) is 36.1. The van der Waals surface area contributed by atoms with Gasteiger partial charge >= 0.3 is 12.1 Å². The van der Waals surface area contributed by atoms with Crippen LogP contribution in [0.2, 0.25) is 0 Å². The molecule has 2 aliphatic carbocycles. The van der Waals surface area contributed by atoms with Crippen molar-refractivity contribution in [3.05, 3.63) is 42.1 Å². The molecule has 1 saturated heterocycles. The Hall–Kier alpha value is -3.78. The highest BCUT2D eigenvalue weighted by molar-refractivity contribution is 9.09. The monoisotopic (exact) mass is 783 g/mol. The highest BCUT2D eigenvalue weighted by Crippen LogP contribution is 2.46. The predicted molar refractivity (Wildman–Crippen MR) is 195 cm³/mol. The smallest absolute Gasteiger partial charge is 0.488 e. The van der Waals surface area contributed by atoms with Crippen molar-refractivity contribution in [2.75, 3.05) is 18.1 Å². The van der Waals surface area contributed by atoms with Crippen LogP contribution >= 0.6 is 27.7 Å². The Morgan fingerprint density at radius 2 is 1.92 bits per heavy atom. The van der Waals surface area contributed by atoms with Crippen LogP contribution in [0.5, 0.6) is 5.75 Å². The molecule has 12 nitrogen and oxygen atoms in total. The molecule has 0 radical (unpaired) electrons. The minimum absolute atomic E-state index is 0.0244. The fourth-order valence-corrected chi connectivity index (χ4v) is 8.29. The molecule has 1 aromatic carbocycles. The number of hydrogen-bond donors (Lipinski definition) is 2. The Morgan fingerprint density at radius 3 is 2.67 bits per heavy atom. The molecule has 2 aliphatic heterocycles. The first kappa shape index (κ1) is 37.0. The number of rotatable bonds is 8. The second kappa shape index (κ2) is 16.3. The molecular weight excluding hydrogens is 740 g/mol. The average molecular weight is 785 g/mol. The SMILES string of the molecule is C=[O+]C(=O)[C@@]12CC1/C=C\CCCCC[C@H](NC(=O)OC1CCCC1)C(=O)N1C[C@H](Oc3cc(C(=O)CBr)nc4c(SC)cccc34)C[C@H]1C(=O)N2. The van der Waals surface area contributed by atoms with E-state index in [-0.39, 0.29) is 41.8 Å². The number of allylic oxidation sites excluding steroid dienone is 1. The van der Waals surface area contributed by atoms with Crippen molar-refractivity contribution in [1.29, 1.82) is 0 Å². The molecule has 4 aliphatic rings. The number of alkyl halides is 1. The maximum absolute atomic E-state index is 14.5. The van der Waals surface area contributed by atoms with Crippen molar-refractivity contribution in [1.82, 2.24) is 20.5 Å². The second-order valence-corrected chi connectivity index (χ2v) is 15.1. The Kier molecular flexibility index (Phi) is 11.8. The second-order valence-electron chi connectivity index (χ2n) is 13.7. The number of nitrogens with zero attached hydrogens (tertiary/aromatic N) is 2. The summed E-state index contributed by atoms with van der Waals surface area (Å²) in [6.07, 6.45) is 11.9. The van der Waals surface area contributed by atoms with Crippen molar-refractivity contribution < 1.29 is 37.9 Å². The molecule has 0 bridgehead atoms. The quantitative estimate of drug-likeness (QED) is 0.121. The van der Waals surface area contributed by atoms with Crippen LogP contribution in [0.3, 0.4) is 0 Å². The number of thioether (sulfide) groups is 1. The Labute approximate surface area is 309 Å². The van der Waals surface area contributed by atoms with Crippen molar-refractivity contribution in [3.63, 3.8) is 0 Å². The molecule has 3 heterocycles. The third-order valence-electron chi connectivity index (χ3n) is 10.3. The summed E-state index contributed by atoms with van der Waals surface area (Å²) in [7, 11) is 0. The molecule has 3 amide bonds. The lowest BCUT2D eigenvalue weighted by molar-refractivity contribution is -0.372. The first-order valence-corrected chi connectivity index (χ1v) is 20.0. The largest absolute Gasteiger partial charge is 0.605 e. The molecule has 2 aromatic rings. The van der Waals surface area contributed by atoms with Gasteiger partial charge in [-0.05, 0) is 69.8 Å². The Balaban J connectivity index is 1.33. The summed E-state index contributed by atoms with van der Waals surface area (Å²) in [5.41, 5.74) is -0.448. The first-order chi connectivity index (χ1) is 24.7. The highest BCUT2D eigenvalue weighted by Gasteiger charge is 2.68. The number of hydrogen-bond acceptors (Lipinski definition) is 9. The lowest BCUT2D eigenvalue weighted by atomic mass is 10.0. The molecular formula is C37H44BrN4O8S+. The average Bonchev–Trinajstić information content (AvgIpc) is 3.41. The van der Waals surface area contributed by atoms with E-state index in [4.69, 9.17) is 13.9 Å². The van der Waals surface area contributed by atoms with Crippen molar-refractivity contribution in [3.8, 4) is 5.75 Å². The van der Waals surface area contributed by atoms with Gasteiger partial charge in [-0.1, -0.05) is 47.0 Å². The van der Waals surface area contributed by atoms with E-state index in [0.717, 1.165) is 49.8 Å². The van der Waals surface area contributed by atoms with Crippen LogP contribution in [0, 0.1) is 5.92 Å².